The number of amides is 1. The summed E-state index contributed by atoms with van der Waals surface area (Å²) in [5.41, 5.74) is 4.86. The third kappa shape index (κ3) is 4.14. The van der Waals surface area contributed by atoms with Crippen molar-refractivity contribution in [1.29, 1.82) is 0 Å². The molecule has 2 N–H and O–H groups in total. The molecule has 0 aromatic carbocycles. The molecule has 0 saturated carbocycles. The van der Waals surface area contributed by atoms with Crippen molar-refractivity contribution in [2.75, 3.05) is 6.26 Å². The molecule has 0 bridgehead atoms. The summed E-state index contributed by atoms with van der Waals surface area (Å²) in [6, 6.07) is 0. The van der Waals surface area contributed by atoms with E-state index in [1.54, 1.807) is 13.2 Å². The van der Waals surface area contributed by atoms with E-state index in [-0.39, 0.29) is 11.7 Å². The van der Waals surface area contributed by atoms with Crippen molar-refractivity contribution in [1.82, 2.24) is 0 Å². The average molecular weight is 149 g/mol. The molecule has 0 unspecified atom stereocenters. The summed E-state index contributed by atoms with van der Waals surface area (Å²) in [5.74, 6) is -0.391. The third-order valence-corrected chi connectivity index (χ3v) is 2.36. The molecule has 0 aromatic heterocycles. The van der Waals surface area contributed by atoms with E-state index in [9.17, 15) is 9.00 Å². The van der Waals surface area contributed by atoms with Crippen molar-refractivity contribution in [3.63, 3.8) is 0 Å². The van der Waals surface area contributed by atoms with Crippen LogP contribution in [0, 0.1) is 0 Å². The van der Waals surface area contributed by atoms with Crippen LogP contribution < -0.4 is 5.73 Å². The highest BCUT2D eigenvalue weighted by atomic mass is 32.2. The van der Waals surface area contributed by atoms with Crippen LogP contribution in [0.2, 0.25) is 0 Å². The van der Waals surface area contributed by atoms with Crippen LogP contribution >= 0.6 is 0 Å². The number of carbonyl (C=O) groups excluding carboxylic acids is 1. The van der Waals surface area contributed by atoms with Crippen molar-refractivity contribution in [3.05, 3.63) is 0 Å². The second kappa shape index (κ2) is 3.61. The monoisotopic (exact) mass is 149 g/mol. The number of hydrogen-bond acceptors (Lipinski definition) is 2. The predicted octanol–water partition coefficient (Wildman–Crippen LogP) is -0.371. The summed E-state index contributed by atoms with van der Waals surface area (Å²) < 4.78 is 10.6. The SMILES string of the molecule is C[C@@H](CC(N)=O)[S@](C)=O. The Labute approximate surface area is 57.1 Å². The molecule has 0 aromatic rings. The molecule has 2 atom stereocenters. The first kappa shape index (κ1) is 8.62. The Morgan fingerprint density at radius 1 is 1.78 bits per heavy atom. The van der Waals surface area contributed by atoms with Crippen LogP contribution in [-0.4, -0.2) is 21.6 Å². The minimum Gasteiger partial charge on any atom is -0.370 e. The van der Waals surface area contributed by atoms with Gasteiger partial charge in [0.15, 0.2) is 0 Å². The Hall–Kier alpha value is -0.380. The molecular formula is C5H11NO2S. The van der Waals surface area contributed by atoms with Crippen molar-refractivity contribution in [2.24, 2.45) is 5.73 Å². The fourth-order valence-corrected chi connectivity index (χ4v) is 0.800. The van der Waals surface area contributed by atoms with E-state index in [1.807, 2.05) is 0 Å². The molecule has 0 fully saturated rings. The number of nitrogens with two attached hydrogens (primary N) is 1. The van der Waals surface area contributed by atoms with Gasteiger partial charge >= 0.3 is 0 Å². The molecule has 4 heteroatoms. The van der Waals surface area contributed by atoms with Crippen LogP contribution in [0.1, 0.15) is 13.3 Å². The quantitative estimate of drug-likeness (QED) is 0.595. The van der Waals surface area contributed by atoms with E-state index in [0.717, 1.165) is 0 Å². The first-order valence-electron chi connectivity index (χ1n) is 2.64. The highest BCUT2D eigenvalue weighted by Gasteiger charge is 2.08. The topological polar surface area (TPSA) is 60.2 Å². The largest absolute Gasteiger partial charge is 0.370 e. The van der Waals surface area contributed by atoms with Crippen molar-refractivity contribution in [2.45, 2.75) is 18.6 Å². The molecule has 0 rings (SSSR count). The second-order valence-electron chi connectivity index (χ2n) is 1.98. The molecule has 1 amide bonds. The van der Waals surface area contributed by atoms with Gasteiger partial charge in [-0.15, -0.1) is 0 Å². The zero-order valence-electron chi connectivity index (χ0n) is 5.59. The molecule has 0 aliphatic heterocycles. The van der Waals surface area contributed by atoms with Crippen LogP contribution in [0.4, 0.5) is 0 Å². The van der Waals surface area contributed by atoms with Gasteiger partial charge in [0.25, 0.3) is 0 Å². The first-order chi connectivity index (χ1) is 4.04. The minimum atomic E-state index is -0.932. The standard InChI is InChI=1S/C5H11NO2S/c1-4(9(2)8)3-5(6)7/h4H,3H2,1-2H3,(H2,6,7)/t4-,9-/m0/s1. The molecule has 0 aliphatic rings. The normalized spacial score (nSPS) is 16.7. The highest BCUT2D eigenvalue weighted by molar-refractivity contribution is 7.84. The summed E-state index contributed by atoms with van der Waals surface area (Å²) in [5, 5.41) is -0.109. The lowest BCUT2D eigenvalue weighted by molar-refractivity contribution is -0.117. The fourth-order valence-electron chi connectivity index (χ4n) is 0.401. The Balaban J connectivity index is 3.63. The van der Waals surface area contributed by atoms with Gasteiger partial charge < -0.3 is 5.73 Å². The van der Waals surface area contributed by atoms with E-state index in [1.165, 1.54) is 0 Å². The van der Waals surface area contributed by atoms with Gasteiger partial charge in [-0.05, 0) is 0 Å². The zero-order valence-corrected chi connectivity index (χ0v) is 6.40. The smallest absolute Gasteiger partial charge is 0.218 e. The van der Waals surface area contributed by atoms with Gasteiger partial charge in [0.2, 0.25) is 5.91 Å². The van der Waals surface area contributed by atoms with Crippen molar-refractivity contribution >= 4 is 16.7 Å². The van der Waals surface area contributed by atoms with Crippen LogP contribution in [0.5, 0.6) is 0 Å². The van der Waals surface area contributed by atoms with Crippen LogP contribution in [0.25, 0.3) is 0 Å². The summed E-state index contributed by atoms with van der Waals surface area (Å²) >= 11 is 0. The predicted molar refractivity (Wildman–Crippen MR) is 37.3 cm³/mol. The van der Waals surface area contributed by atoms with E-state index >= 15 is 0 Å². The molecule has 3 nitrogen and oxygen atoms in total. The minimum absolute atomic E-state index is 0.109. The molecule has 0 aliphatic carbocycles. The maximum absolute atomic E-state index is 10.6. The zero-order chi connectivity index (χ0) is 7.44. The second-order valence-corrected chi connectivity index (χ2v) is 3.78. The highest BCUT2D eigenvalue weighted by Crippen LogP contribution is 1.96. The Bertz CT molecular complexity index is 135. The molecule has 0 spiro atoms. The Morgan fingerprint density at radius 2 is 2.22 bits per heavy atom. The molecule has 0 saturated heterocycles. The van der Waals surface area contributed by atoms with E-state index in [4.69, 9.17) is 5.73 Å². The van der Waals surface area contributed by atoms with Gasteiger partial charge in [0.05, 0.1) is 0 Å². The lowest BCUT2D eigenvalue weighted by Crippen LogP contribution is -2.20. The van der Waals surface area contributed by atoms with Crippen molar-refractivity contribution < 1.29 is 9.00 Å². The molecular weight excluding hydrogens is 138 g/mol. The summed E-state index contributed by atoms with van der Waals surface area (Å²) in [6.45, 7) is 1.74. The lowest BCUT2D eigenvalue weighted by Gasteiger charge is -2.02. The Kier molecular flexibility index (Phi) is 3.46. The number of carbonyl (C=O) groups is 1. The number of primary amides is 1. The third-order valence-electron chi connectivity index (χ3n) is 1.06. The average Bonchev–Trinajstić information content (AvgIpc) is 1.63. The fraction of sp³-hybridized carbons (Fsp3) is 0.800. The number of rotatable bonds is 3. The van der Waals surface area contributed by atoms with Crippen LogP contribution in [0.15, 0.2) is 0 Å². The molecule has 0 heterocycles. The maximum atomic E-state index is 10.6. The summed E-state index contributed by atoms with van der Waals surface area (Å²) in [6.07, 6.45) is 1.77. The van der Waals surface area contributed by atoms with Gasteiger partial charge in [-0.2, -0.15) is 0 Å². The van der Waals surface area contributed by atoms with E-state index in [0.29, 0.717) is 0 Å². The van der Waals surface area contributed by atoms with E-state index in [2.05, 4.69) is 0 Å². The first-order valence-corrected chi connectivity index (χ1v) is 4.26. The van der Waals surface area contributed by atoms with Gasteiger partial charge in [-0.3, -0.25) is 9.00 Å². The molecule has 9 heavy (non-hydrogen) atoms. The maximum Gasteiger partial charge on any atom is 0.218 e. The van der Waals surface area contributed by atoms with Gasteiger partial charge in [0, 0.05) is 28.7 Å². The Morgan fingerprint density at radius 3 is 2.33 bits per heavy atom. The van der Waals surface area contributed by atoms with Gasteiger partial charge in [0.1, 0.15) is 0 Å². The van der Waals surface area contributed by atoms with Gasteiger partial charge in [-0.1, -0.05) is 6.92 Å². The van der Waals surface area contributed by atoms with Gasteiger partial charge in [-0.25, -0.2) is 0 Å². The van der Waals surface area contributed by atoms with Crippen LogP contribution in [-0.2, 0) is 15.6 Å². The summed E-state index contributed by atoms with van der Waals surface area (Å²) in [4.78, 5) is 10.2. The summed E-state index contributed by atoms with van der Waals surface area (Å²) in [7, 11) is -0.932. The van der Waals surface area contributed by atoms with Crippen LogP contribution in [0.3, 0.4) is 0 Å². The molecule has 54 valence electrons. The van der Waals surface area contributed by atoms with E-state index < -0.39 is 16.7 Å². The van der Waals surface area contributed by atoms with Crippen molar-refractivity contribution in [3.8, 4) is 0 Å². The number of hydrogen-bond donors (Lipinski definition) is 1. The lowest BCUT2D eigenvalue weighted by atomic mass is 10.3. The molecule has 0 radical (unpaired) electrons.